The van der Waals surface area contributed by atoms with Crippen molar-refractivity contribution in [3.8, 4) is 0 Å². The number of rotatable bonds is 6. The summed E-state index contributed by atoms with van der Waals surface area (Å²) in [7, 11) is -0.737. The van der Waals surface area contributed by atoms with Crippen molar-refractivity contribution in [1.29, 1.82) is 0 Å². The monoisotopic (exact) mass is 407 g/mol. The van der Waals surface area contributed by atoms with Crippen molar-refractivity contribution in [2.45, 2.75) is 37.0 Å². The largest absolute Gasteiger partial charge is 0.326 e. The number of hydrogen-bond donors (Lipinski definition) is 1. The van der Waals surface area contributed by atoms with Crippen LogP contribution in [0.2, 0.25) is 0 Å². The van der Waals surface area contributed by atoms with E-state index in [9.17, 15) is 22.8 Å². The van der Waals surface area contributed by atoms with E-state index in [1.807, 2.05) is 0 Å². The Kier molecular flexibility index (Phi) is 5.85. The van der Waals surface area contributed by atoms with Crippen LogP contribution in [0.1, 0.15) is 32.1 Å². The van der Waals surface area contributed by atoms with Gasteiger partial charge < -0.3 is 5.32 Å². The molecular weight excluding hydrogens is 382 g/mol. The highest BCUT2D eigenvalue weighted by Crippen LogP contribution is 2.38. The molecule has 0 unspecified atom stereocenters. The third-order valence-electron chi connectivity index (χ3n) is 5.39. The van der Waals surface area contributed by atoms with E-state index >= 15 is 0 Å². The number of sulfonamides is 1. The lowest BCUT2D eigenvalue weighted by molar-refractivity contribution is -0.140. The predicted molar refractivity (Wildman–Crippen MR) is 103 cm³/mol. The molecule has 1 saturated carbocycles. The van der Waals surface area contributed by atoms with Gasteiger partial charge in [0.1, 0.15) is 0 Å². The quantitative estimate of drug-likeness (QED) is 0.719. The molecule has 1 aliphatic carbocycles. The Hall–Kier alpha value is -2.26. The smallest absolute Gasteiger partial charge is 0.242 e. The SMILES string of the molecule is CN(C)S(=O)(=O)c1cccc(NC(=O)CCN2C(=O)[C@@H]3CCCC[C@H]3C2=O)c1. The number of anilines is 1. The molecule has 1 N–H and O–H groups in total. The molecule has 9 heteroatoms. The molecule has 1 aromatic carbocycles. The van der Waals surface area contributed by atoms with Gasteiger partial charge in [-0.15, -0.1) is 0 Å². The number of carbonyl (C=O) groups is 3. The minimum atomic E-state index is -3.60. The van der Waals surface area contributed by atoms with Crippen molar-refractivity contribution in [1.82, 2.24) is 9.21 Å². The Balaban J connectivity index is 1.61. The van der Waals surface area contributed by atoms with Crippen LogP contribution in [0.3, 0.4) is 0 Å². The van der Waals surface area contributed by atoms with Crippen molar-refractivity contribution in [2.24, 2.45) is 11.8 Å². The Morgan fingerprint density at radius 2 is 1.75 bits per heavy atom. The average Bonchev–Trinajstić information content (AvgIpc) is 2.91. The van der Waals surface area contributed by atoms with Crippen LogP contribution in [0.25, 0.3) is 0 Å². The van der Waals surface area contributed by atoms with Crippen LogP contribution in [0.4, 0.5) is 5.69 Å². The molecule has 1 aliphatic heterocycles. The minimum absolute atomic E-state index is 0.0262. The van der Waals surface area contributed by atoms with Crippen molar-refractivity contribution in [2.75, 3.05) is 26.0 Å². The highest BCUT2D eigenvalue weighted by Gasteiger charge is 2.47. The second-order valence-corrected chi connectivity index (χ2v) is 9.59. The predicted octanol–water partition coefficient (Wildman–Crippen LogP) is 1.44. The number of benzene rings is 1. The molecule has 0 radical (unpaired) electrons. The van der Waals surface area contributed by atoms with Crippen molar-refractivity contribution in [3.05, 3.63) is 24.3 Å². The fraction of sp³-hybridized carbons (Fsp3) is 0.526. The number of amides is 3. The number of carbonyl (C=O) groups excluding carboxylic acids is 3. The van der Waals surface area contributed by atoms with Gasteiger partial charge in [-0.1, -0.05) is 18.9 Å². The summed E-state index contributed by atoms with van der Waals surface area (Å²) in [5, 5.41) is 2.64. The summed E-state index contributed by atoms with van der Waals surface area (Å²) in [5.74, 6) is -1.16. The fourth-order valence-corrected chi connectivity index (χ4v) is 4.78. The molecule has 2 fully saturated rings. The van der Waals surface area contributed by atoms with Gasteiger partial charge in [0.05, 0.1) is 16.7 Å². The maximum atomic E-state index is 12.4. The minimum Gasteiger partial charge on any atom is -0.326 e. The van der Waals surface area contributed by atoms with Gasteiger partial charge in [0.2, 0.25) is 27.7 Å². The molecule has 28 heavy (non-hydrogen) atoms. The van der Waals surface area contributed by atoms with Gasteiger partial charge in [0.15, 0.2) is 0 Å². The molecule has 3 rings (SSSR count). The number of likely N-dealkylation sites (tertiary alicyclic amines) is 1. The Morgan fingerprint density at radius 3 is 2.32 bits per heavy atom. The normalized spacial score (nSPS) is 22.5. The maximum absolute atomic E-state index is 12.4. The highest BCUT2D eigenvalue weighted by molar-refractivity contribution is 7.89. The third-order valence-corrected chi connectivity index (χ3v) is 7.20. The van der Waals surface area contributed by atoms with Crippen LogP contribution in [-0.2, 0) is 24.4 Å². The van der Waals surface area contributed by atoms with Gasteiger partial charge in [-0.3, -0.25) is 19.3 Å². The number of fused-ring (bicyclic) bond motifs is 1. The highest BCUT2D eigenvalue weighted by atomic mass is 32.2. The molecule has 1 saturated heterocycles. The van der Waals surface area contributed by atoms with Crippen molar-refractivity contribution >= 4 is 33.4 Å². The number of hydrogen-bond acceptors (Lipinski definition) is 5. The molecular formula is C19H25N3O5S. The molecule has 2 aliphatic rings. The maximum Gasteiger partial charge on any atom is 0.242 e. The number of nitrogens with one attached hydrogen (secondary N) is 1. The lowest BCUT2D eigenvalue weighted by atomic mass is 9.81. The number of nitrogens with zero attached hydrogens (tertiary/aromatic N) is 2. The Bertz CT molecular complexity index is 873. The summed E-state index contributed by atoms with van der Waals surface area (Å²) < 4.78 is 25.5. The molecule has 1 aromatic rings. The second-order valence-electron chi connectivity index (χ2n) is 7.44. The topological polar surface area (TPSA) is 104 Å². The van der Waals surface area contributed by atoms with Gasteiger partial charge in [-0.05, 0) is 31.0 Å². The van der Waals surface area contributed by atoms with E-state index in [1.165, 1.54) is 31.1 Å². The van der Waals surface area contributed by atoms with Crippen molar-refractivity contribution < 1.29 is 22.8 Å². The van der Waals surface area contributed by atoms with Gasteiger partial charge in [-0.25, -0.2) is 12.7 Å². The van der Waals surface area contributed by atoms with Crippen molar-refractivity contribution in [3.63, 3.8) is 0 Å². The lowest BCUT2D eigenvalue weighted by Crippen LogP contribution is -2.34. The van der Waals surface area contributed by atoms with Crippen LogP contribution in [0.5, 0.6) is 0 Å². The zero-order chi connectivity index (χ0) is 20.5. The molecule has 152 valence electrons. The van der Waals surface area contributed by atoms with Gasteiger partial charge >= 0.3 is 0 Å². The van der Waals surface area contributed by atoms with E-state index in [-0.39, 0.29) is 47.4 Å². The van der Waals surface area contributed by atoms with E-state index < -0.39 is 10.0 Å². The van der Waals surface area contributed by atoms with E-state index in [4.69, 9.17) is 0 Å². The molecule has 1 heterocycles. The molecule has 3 amide bonds. The zero-order valence-corrected chi connectivity index (χ0v) is 16.9. The first-order valence-electron chi connectivity index (χ1n) is 9.39. The summed E-state index contributed by atoms with van der Waals surface area (Å²) >= 11 is 0. The second kappa shape index (κ2) is 8.00. The Labute approximate surface area is 164 Å². The van der Waals surface area contributed by atoms with Crippen LogP contribution >= 0.6 is 0 Å². The van der Waals surface area contributed by atoms with Crippen LogP contribution in [0.15, 0.2) is 29.2 Å². The van der Waals surface area contributed by atoms with E-state index in [1.54, 1.807) is 12.1 Å². The first-order chi connectivity index (χ1) is 13.2. The van der Waals surface area contributed by atoms with E-state index in [2.05, 4.69) is 5.32 Å². The van der Waals surface area contributed by atoms with Gasteiger partial charge in [0, 0.05) is 32.7 Å². The fourth-order valence-electron chi connectivity index (χ4n) is 3.83. The first kappa shape index (κ1) is 20.5. The average molecular weight is 407 g/mol. The van der Waals surface area contributed by atoms with Gasteiger partial charge in [0.25, 0.3) is 0 Å². The summed E-state index contributed by atoms with van der Waals surface area (Å²) in [6.07, 6.45) is 3.37. The number of imide groups is 1. The van der Waals surface area contributed by atoms with E-state index in [0.717, 1.165) is 30.0 Å². The summed E-state index contributed by atoms with van der Waals surface area (Å²) in [4.78, 5) is 38.4. The lowest BCUT2D eigenvalue weighted by Gasteiger charge is -2.19. The molecule has 0 aromatic heterocycles. The molecule has 0 bridgehead atoms. The molecule has 0 spiro atoms. The molecule has 8 nitrogen and oxygen atoms in total. The summed E-state index contributed by atoms with van der Waals surface area (Å²) in [6.45, 7) is 0.0478. The molecule has 2 atom stereocenters. The summed E-state index contributed by atoms with van der Waals surface area (Å²) in [6, 6.07) is 5.97. The summed E-state index contributed by atoms with van der Waals surface area (Å²) in [5.41, 5.74) is 0.348. The standard InChI is InChI=1S/C19H25N3O5S/c1-21(2)28(26,27)14-7-5-6-13(12-14)20-17(23)10-11-22-18(24)15-8-3-4-9-16(15)19(22)25/h5-7,12,15-16H,3-4,8-11H2,1-2H3,(H,20,23)/t15-,16-/m1/s1. The van der Waals surface area contributed by atoms with Crippen LogP contribution in [0, 0.1) is 11.8 Å². The van der Waals surface area contributed by atoms with Crippen LogP contribution < -0.4 is 5.32 Å². The first-order valence-corrected chi connectivity index (χ1v) is 10.8. The zero-order valence-electron chi connectivity index (χ0n) is 16.1. The Morgan fingerprint density at radius 1 is 1.14 bits per heavy atom. The van der Waals surface area contributed by atoms with Crippen LogP contribution in [-0.4, -0.2) is 56.0 Å². The van der Waals surface area contributed by atoms with E-state index in [0.29, 0.717) is 5.69 Å². The van der Waals surface area contributed by atoms with Gasteiger partial charge in [-0.2, -0.15) is 0 Å². The third kappa shape index (κ3) is 3.95.